The van der Waals surface area contributed by atoms with Crippen molar-refractivity contribution in [1.82, 2.24) is 4.90 Å². The van der Waals surface area contributed by atoms with Crippen LogP contribution in [-0.2, 0) is 0 Å². The van der Waals surface area contributed by atoms with E-state index in [2.05, 4.69) is 25.1 Å². The molecule has 2 rings (SSSR count). The fourth-order valence-corrected chi connectivity index (χ4v) is 2.92. The summed E-state index contributed by atoms with van der Waals surface area (Å²) in [5.74, 6) is 1.73. The zero-order chi connectivity index (χ0) is 14.2. The van der Waals surface area contributed by atoms with Gasteiger partial charge in [0.05, 0.1) is 20.3 Å². The second kappa shape index (κ2) is 5.02. The molecule has 1 aromatic rings. The quantitative estimate of drug-likeness (QED) is 0.885. The average molecular weight is 264 g/mol. The Hall–Kier alpha value is -1.26. The molecule has 0 amide bonds. The van der Waals surface area contributed by atoms with Crippen LogP contribution >= 0.6 is 0 Å². The van der Waals surface area contributed by atoms with E-state index in [9.17, 15) is 0 Å². The van der Waals surface area contributed by atoms with E-state index in [4.69, 9.17) is 15.2 Å². The number of ether oxygens (including phenoxy) is 2. The maximum atomic E-state index is 6.44. The molecule has 106 valence electrons. The van der Waals surface area contributed by atoms with Gasteiger partial charge in [-0.25, -0.2) is 0 Å². The fraction of sp³-hybridized carbons (Fsp3) is 0.600. The largest absolute Gasteiger partial charge is 0.496 e. The van der Waals surface area contributed by atoms with Gasteiger partial charge in [-0.05, 0) is 46.0 Å². The highest BCUT2D eigenvalue weighted by Crippen LogP contribution is 2.49. The Kier molecular flexibility index (Phi) is 3.74. The number of likely N-dealkylation sites (N-methyl/N-ethyl adjacent to an activating group) is 1. The second-order valence-electron chi connectivity index (χ2n) is 5.61. The summed E-state index contributed by atoms with van der Waals surface area (Å²) in [6.45, 7) is 2.02. The summed E-state index contributed by atoms with van der Waals surface area (Å²) < 4.78 is 11.0. The van der Waals surface area contributed by atoms with E-state index in [-0.39, 0.29) is 11.6 Å². The molecule has 0 heterocycles. The summed E-state index contributed by atoms with van der Waals surface area (Å²) in [6.07, 6.45) is 2.12. The predicted octanol–water partition coefficient (Wildman–Crippen LogP) is 2.11. The molecule has 0 radical (unpaired) electrons. The molecule has 2 N–H and O–H groups in total. The highest BCUT2D eigenvalue weighted by Gasteiger charge is 2.48. The van der Waals surface area contributed by atoms with Crippen LogP contribution < -0.4 is 15.2 Å². The van der Waals surface area contributed by atoms with Crippen molar-refractivity contribution < 1.29 is 9.47 Å². The molecule has 4 heteroatoms. The van der Waals surface area contributed by atoms with Gasteiger partial charge in [0.1, 0.15) is 11.5 Å². The number of nitrogens with two attached hydrogens (primary N) is 1. The minimum atomic E-state index is -0.127. The average Bonchev–Trinajstić information content (AvgIpc) is 3.08. The number of hydrogen-bond donors (Lipinski definition) is 1. The SMILES string of the molecule is COc1ccc(C(N(C)C)C2(N)CC2)c(OC)c1C. The molecular formula is C15H24N2O2. The summed E-state index contributed by atoms with van der Waals surface area (Å²) >= 11 is 0. The van der Waals surface area contributed by atoms with E-state index in [1.54, 1.807) is 14.2 Å². The van der Waals surface area contributed by atoms with Crippen LogP contribution in [-0.4, -0.2) is 38.8 Å². The lowest BCUT2D eigenvalue weighted by molar-refractivity contribution is 0.238. The van der Waals surface area contributed by atoms with Crippen molar-refractivity contribution in [3.05, 3.63) is 23.3 Å². The summed E-state index contributed by atoms with van der Waals surface area (Å²) in [6, 6.07) is 4.24. The number of rotatable bonds is 5. The van der Waals surface area contributed by atoms with Crippen molar-refractivity contribution >= 4 is 0 Å². The summed E-state index contributed by atoms with van der Waals surface area (Å²) in [4.78, 5) is 2.18. The maximum absolute atomic E-state index is 6.44. The normalized spacial score (nSPS) is 18.3. The monoisotopic (exact) mass is 264 g/mol. The predicted molar refractivity (Wildman–Crippen MR) is 76.9 cm³/mol. The molecule has 1 aliphatic carbocycles. The van der Waals surface area contributed by atoms with Crippen molar-refractivity contribution in [1.29, 1.82) is 0 Å². The van der Waals surface area contributed by atoms with Crippen LogP contribution in [0.4, 0.5) is 0 Å². The highest BCUT2D eigenvalue weighted by molar-refractivity contribution is 5.51. The van der Waals surface area contributed by atoms with E-state index >= 15 is 0 Å². The van der Waals surface area contributed by atoms with Crippen LogP contribution in [0.2, 0.25) is 0 Å². The van der Waals surface area contributed by atoms with Gasteiger partial charge in [0.2, 0.25) is 0 Å². The third-order valence-electron chi connectivity index (χ3n) is 3.99. The second-order valence-corrected chi connectivity index (χ2v) is 5.61. The summed E-state index contributed by atoms with van der Waals surface area (Å²) in [5.41, 5.74) is 8.48. The maximum Gasteiger partial charge on any atom is 0.130 e. The van der Waals surface area contributed by atoms with E-state index in [0.29, 0.717) is 0 Å². The molecule has 19 heavy (non-hydrogen) atoms. The van der Waals surface area contributed by atoms with Gasteiger partial charge in [0, 0.05) is 16.7 Å². The minimum absolute atomic E-state index is 0.127. The molecule has 1 unspecified atom stereocenters. The molecule has 0 aromatic heterocycles. The van der Waals surface area contributed by atoms with Gasteiger partial charge in [-0.15, -0.1) is 0 Å². The van der Waals surface area contributed by atoms with Crippen molar-refractivity contribution in [2.45, 2.75) is 31.3 Å². The fourth-order valence-electron chi connectivity index (χ4n) is 2.92. The van der Waals surface area contributed by atoms with Crippen LogP contribution in [0.15, 0.2) is 12.1 Å². The van der Waals surface area contributed by atoms with Crippen LogP contribution in [0.3, 0.4) is 0 Å². The van der Waals surface area contributed by atoms with Gasteiger partial charge in [-0.3, -0.25) is 0 Å². The molecule has 1 saturated carbocycles. The molecule has 0 bridgehead atoms. The standard InChI is InChI=1S/C15H24N2O2/c1-10-12(18-4)7-6-11(13(10)19-5)14(17(2)3)15(16)8-9-15/h6-7,14H,8-9,16H2,1-5H3. The first-order valence-electron chi connectivity index (χ1n) is 6.61. The number of hydrogen-bond acceptors (Lipinski definition) is 4. The van der Waals surface area contributed by atoms with Crippen LogP contribution in [0, 0.1) is 6.92 Å². The lowest BCUT2D eigenvalue weighted by Crippen LogP contribution is -2.39. The zero-order valence-electron chi connectivity index (χ0n) is 12.5. The Bertz CT molecular complexity index is 467. The Morgan fingerprint density at radius 3 is 2.26 bits per heavy atom. The van der Waals surface area contributed by atoms with Gasteiger partial charge in [0.25, 0.3) is 0 Å². The molecule has 1 aromatic carbocycles. The third kappa shape index (κ3) is 2.42. The Labute approximate surface area is 115 Å². The summed E-state index contributed by atoms with van der Waals surface area (Å²) in [5, 5.41) is 0. The molecular weight excluding hydrogens is 240 g/mol. The van der Waals surface area contributed by atoms with Gasteiger partial charge in [0.15, 0.2) is 0 Å². The topological polar surface area (TPSA) is 47.7 Å². The van der Waals surface area contributed by atoms with Gasteiger partial charge in [-0.1, -0.05) is 0 Å². The zero-order valence-corrected chi connectivity index (χ0v) is 12.5. The smallest absolute Gasteiger partial charge is 0.130 e. The van der Waals surface area contributed by atoms with Gasteiger partial charge >= 0.3 is 0 Å². The van der Waals surface area contributed by atoms with E-state index in [1.165, 1.54) is 0 Å². The number of benzene rings is 1. The van der Waals surface area contributed by atoms with E-state index in [1.807, 2.05) is 13.0 Å². The van der Waals surface area contributed by atoms with Gasteiger partial charge in [-0.2, -0.15) is 0 Å². The first kappa shape index (κ1) is 14.2. The first-order chi connectivity index (χ1) is 8.94. The number of nitrogens with zero attached hydrogens (tertiary/aromatic N) is 1. The molecule has 0 aliphatic heterocycles. The molecule has 1 atom stereocenters. The molecule has 1 aliphatic rings. The minimum Gasteiger partial charge on any atom is -0.496 e. The molecule has 4 nitrogen and oxygen atoms in total. The van der Waals surface area contributed by atoms with Crippen molar-refractivity contribution in [2.24, 2.45) is 5.73 Å². The van der Waals surface area contributed by atoms with Crippen molar-refractivity contribution in [3.63, 3.8) is 0 Å². The lowest BCUT2D eigenvalue weighted by Gasteiger charge is -2.32. The molecule has 0 spiro atoms. The van der Waals surface area contributed by atoms with Crippen LogP contribution in [0.25, 0.3) is 0 Å². The Morgan fingerprint density at radius 2 is 1.84 bits per heavy atom. The molecule has 0 saturated heterocycles. The van der Waals surface area contributed by atoms with Crippen molar-refractivity contribution in [2.75, 3.05) is 28.3 Å². The van der Waals surface area contributed by atoms with E-state index in [0.717, 1.165) is 35.5 Å². The third-order valence-corrected chi connectivity index (χ3v) is 3.99. The van der Waals surface area contributed by atoms with Gasteiger partial charge < -0.3 is 20.1 Å². The lowest BCUT2D eigenvalue weighted by atomic mass is 9.94. The van der Waals surface area contributed by atoms with Crippen LogP contribution in [0.1, 0.15) is 30.0 Å². The Morgan fingerprint density at radius 1 is 1.21 bits per heavy atom. The van der Waals surface area contributed by atoms with E-state index < -0.39 is 0 Å². The Balaban J connectivity index is 2.51. The summed E-state index contributed by atoms with van der Waals surface area (Å²) in [7, 11) is 7.51. The number of methoxy groups -OCH3 is 2. The molecule has 1 fully saturated rings. The highest BCUT2D eigenvalue weighted by atomic mass is 16.5. The van der Waals surface area contributed by atoms with Crippen molar-refractivity contribution in [3.8, 4) is 11.5 Å². The first-order valence-corrected chi connectivity index (χ1v) is 6.61. The van der Waals surface area contributed by atoms with Crippen LogP contribution in [0.5, 0.6) is 11.5 Å².